The quantitative estimate of drug-likeness (QED) is 0.406. The number of nitrogens with zero attached hydrogens (tertiary/aromatic N) is 3. The van der Waals surface area contributed by atoms with Gasteiger partial charge in [0.2, 0.25) is 15.9 Å². The number of amides is 1. The molecule has 40 heavy (non-hydrogen) atoms. The molecule has 2 aliphatic heterocycles. The summed E-state index contributed by atoms with van der Waals surface area (Å²) in [6.07, 6.45) is 0.671. The fraction of sp³-hybridized carbons (Fsp3) is 0.367. The third-order valence-corrected chi connectivity index (χ3v) is 9.34. The average molecular weight is 565 g/mol. The Labute approximate surface area is 236 Å². The third-order valence-electron chi connectivity index (χ3n) is 7.45. The van der Waals surface area contributed by atoms with Crippen LogP contribution in [0.3, 0.4) is 0 Å². The van der Waals surface area contributed by atoms with Gasteiger partial charge in [-0.1, -0.05) is 25.1 Å². The van der Waals surface area contributed by atoms with Crippen molar-refractivity contribution in [2.45, 2.75) is 37.8 Å². The van der Waals surface area contributed by atoms with Crippen molar-refractivity contribution < 1.29 is 22.7 Å². The van der Waals surface area contributed by atoms with Crippen molar-refractivity contribution in [3.63, 3.8) is 0 Å². The number of anilines is 4. The van der Waals surface area contributed by atoms with E-state index in [1.807, 2.05) is 67.3 Å². The van der Waals surface area contributed by atoms with Crippen molar-refractivity contribution in [2.75, 3.05) is 55.1 Å². The van der Waals surface area contributed by atoms with E-state index in [2.05, 4.69) is 10.2 Å². The number of methoxy groups -OCH3 is 1. The summed E-state index contributed by atoms with van der Waals surface area (Å²) in [5, 5.41) is 3.39. The van der Waals surface area contributed by atoms with Crippen molar-refractivity contribution in [2.24, 2.45) is 0 Å². The number of carbonyl (C=O) groups excluding carboxylic acids is 1. The van der Waals surface area contributed by atoms with Crippen molar-refractivity contribution in [3.05, 3.63) is 72.3 Å². The van der Waals surface area contributed by atoms with Crippen LogP contribution in [0.1, 0.15) is 25.8 Å². The fourth-order valence-corrected chi connectivity index (χ4v) is 6.79. The molecule has 10 heteroatoms. The first-order chi connectivity index (χ1) is 19.3. The maximum Gasteiger partial charge on any atom is 0.249 e. The van der Waals surface area contributed by atoms with Gasteiger partial charge < -0.3 is 24.6 Å². The van der Waals surface area contributed by atoms with Crippen LogP contribution in [0.2, 0.25) is 0 Å². The highest BCUT2D eigenvalue weighted by atomic mass is 32.2. The van der Waals surface area contributed by atoms with Gasteiger partial charge in [0.15, 0.2) is 0 Å². The van der Waals surface area contributed by atoms with Crippen LogP contribution in [0.4, 0.5) is 22.7 Å². The molecule has 1 N–H and O–H groups in total. The molecule has 212 valence electrons. The smallest absolute Gasteiger partial charge is 0.249 e. The molecule has 0 aliphatic carbocycles. The van der Waals surface area contributed by atoms with E-state index in [0.717, 1.165) is 28.4 Å². The van der Waals surface area contributed by atoms with E-state index in [0.29, 0.717) is 51.5 Å². The van der Waals surface area contributed by atoms with Crippen LogP contribution in [0.15, 0.2) is 71.6 Å². The molecule has 0 aromatic heterocycles. The number of nitrogens with one attached hydrogen (secondary N) is 1. The standard InChI is InChI=1S/C30H36N4O5S/c1-4-27-30(35)33(5-2)28-14-11-24(20-29(28)34(27)21-22-9-12-25(38-3)13-10-22)31-23-7-6-8-26(19-23)40(36,37)32-15-17-39-18-16-32/h6-14,19-20,27,31H,4-5,15-18,21H2,1-3H3/t27-/m1/s1. The van der Waals surface area contributed by atoms with Gasteiger partial charge in [0.1, 0.15) is 11.8 Å². The van der Waals surface area contributed by atoms with E-state index in [4.69, 9.17) is 9.47 Å². The number of hydrogen-bond acceptors (Lipinski definition) is 7. The zero-order valence-electron chi connectivity index (χ0n) is 23.2. The van der Waals surface area contributed by atoms with E-state index in [1.165, 1.54) is 4.31 Å². The molecule has 9 nitrogen and oxygen atoms in total. The van der Waals surface area contributed by atoms with Crippen LogP contribution in [-0.4, -0.2) is 64.6 Å². The monoisotopic (exact) mass is 564 g/mol. The molecule has 5 rings (SSSR count). The highest BCUT2D eigenvalue weighted by Crippen LogP contribution is 2.40. The number of benzene rings is 3. The molecule has 1 fully saturated rings. The Kier molecular flexibility index (Phi) is 8.30. The molecule has 1 saturated heterocycles. The Bertz CT molecular complexity index is 1460. The number of carbonyl (C=O) groups is 1. The van der Waals surface area contributed by atoms with Gasteiger partial charge in [-0.25, -0.2) is 8.42 Å². The Balaban J connectivity index is 1.47. The summed E-state index contributed by atoms with van der Waals surface area (Å²) in [7, 11) is -1.97. The summed E-state index contributed by atoms with van der Waals surface area (Å²) in [6.45, 7) is 6.65. The second-order valence-electron chi connectivity index (χ2n) is 9.86. The molecule has 3 aromatic rings. The van der Waals surface area contributed by atoms with Crippen LogP contribution in [0.5, 0.6) is 5.75 Å². The number of hydrogen-bond donors (Lipinski definition) is 1. The van der Waals surface area contributed by atoms with Gasteiger partial charge in [0.25, 0.3) is 0 Å². The van der Waals surface area contributed by atoms with E-state index in [9.17, 15) is 13.2 Å². The summed E-state index contributed by atoms with van der Waals surface area (Å²) in [5.74, 6) is 0.875. The summed E-state index contributed by atoms with van der Waals surface area (Å²) >= 11 is 0. The second kappa shape index (κ2) is 11.9. The number of sulfonamides is 1. The summed E-state index contributed by atoms with van der Waals surface area (Å²) in [5.41, 5.74) is 4.36. The SMILES string of the molecule is CC[C@@H]1C(=O)N(CC)c2ccc(Nc3cccc(S(=O)(=O)N4CCOCC4)c3)cc2N1Cc1ccc(OC)cc1. The Morgan fingerprint density at radius 1 is 0.950 bits per heavy atom. The lowest BCUT2D eigenvalue weighted by Gasteiger charge is -2.43. The summed E-state index contributed by atoms with van der Waals surface area (Å²) < 4.78 is 38.5. The molecule has 2 heterocycles. The van der Waals surface area contributed by atoms with Gasteiger partial charge in [0, 0.05) is 37.6 Å². The van der Waals surface area contributed by atoms with E-state index >= 15 is 0 Å². The minimum absolute atomic E-state index is 0.0905. The molecule has 1 atom stereocenters. The predicted octanol–water partition coefficient (Wildman–Crippen LogP) is 4.61. The minimum Gasteiger partial charge on any atom is -0.497 e. The number of morpholine rings is 1. The first kappa shape index (κ1) is 27.9. The lowest BCUT2D eigenvalue weighted by atomic mass is 10.0. The Morgan fingerprint density at radius 3 is 2.35 bits per heavy atom. The van der Waals surface area contributed by atoms with Crippen molar-refractivity contribution in [3.8, 4) is 5.75 Å². The molecule has 2 aliphatic rings. The van der Waals surface area contributed by atoms with Gasteiger partial charge >= 0.3 is 0 Å². The van der Waals surface area contributed by atoms with Crippen LogP contribution < -0.4 is 19.9 Å². The predicted molar refractivity (Wildman–Crippen MR) is 157 cm³/mol. The minimum atomic E-state index is -3.62. The maximum absolute atomic E-state index is 13.5. The first-order valence-electron chi connectivity index (χ1n) is 13.7. The van der Waals surface area contributed by atoms with Crippen LogP contribution >= 0.6 is 0 Å². The Morgan fingerprint density at radius 2 is 1.68 bits per heavy atom. The molecule has 1 amide bonds. The van der Waals surface area contributed by atoms with E-state index in [-0.39, 0.29) is 16.8 Å². The maximum atomic E-state index is 13.5. The zero-order valence-corrected chi connectivity index (χ0v) is 24.0. The molecule has 0 radical (unpaired) electrons. The number of fused-ring (bicyclic) bond motifs is 1. The van der Waals surface area contributed by atoms with Crippen molar-refractivity contribution in [1.29, 1.82) is 0 Å². The zero-order chi connectivity index (χ0) is 28.3. The molecule has 3 aromatic carbocycles. The summed E-state index contributed by atoms with van der Waals surface area (Å²) in [4.78, 5) is 17.7. The molecule has 0 saturated carbocycles. The molecule has 0 spiro atoms. The molecule has 0 bridgehead atoms. The largest absolute Gasteiger partial charge is 0.497 e. The molecular formula is C30H36N4O5S. The van der Waals surface area contributed by atoms with E-state index in [1.54, 1.807) is 25.3 Å². The van der Waals surface area contributed by atoms with Gasteiger partial charge in [-0.2, -0.15) is 4.31 Å². The summed E-state index contributed by atoms with van der Waals surface area (Å²) in [6, 6.07) is 20.4. The normalized spacial score (nSPS) is 18.0. The fourth-order valence-electron chi connectivity index (χ4n) is 5.34. The van der Waals surface area contributed by atoms with Crippen LogP contribution in [0.25, 0.3) is 0 Å². The average Bonchev–Trinajstić information content (AvgIpc) is 2.98. The van der Waals surface area contributed by atoms with Crippen LogP contribution in [0, 0.1) is 0 Å². The molecule has 0 unspecified atom stereocenters. The van der Waals surface area contributed by atoms with Crippen LogP contribution in [-0.2, 0) is 26.1 Å². The van der Waals surface area contributed by atoms with Crippen molar-refractivity contribution in [1.82, 2.24) is 4.31 Å². The van der Waals surface area contributed by atoms with Gasteiger partial charge in [-0.15, -0.1) is 0 Å². The van der Waals surface area contributed by atoms with Gasteiger partial charge in [-0.3, -0.25) is 4.79 Å². The highest BCUT2D eigenvalue weighted by Gasteiger charge is 2.36. The topological polar surface area (TPSA) is 91.4 Å². The Hall–Kier alpha value is -3.60. The van der Waals surface area contributed by atoms with Crippen molar-refractivity contribution >= 4 is 38.7 Å². The van der Waals surface area contributed by atoms with Gasteiger partial charge in [0.05, 0.1) is 36.6 Å². The lowest BCUT2D eigenvalue weighted by Crippen LogP contribution is -2.53. The van der Waals surface area contributed by atoms with E-state index < -0.39 is 10.0 Å². The third kappa shape index (κ3) is 5.52. The number of ether oxygens (including phenoxy) is 2. The van der Waals surface area contributed by atoms with Gasteiger partial charge in [-0.05, 0) is 67.4 Å². The molecular weight excluding hydrogens is 528 g/mol. The highest BCUT2D eigenvalue weighted by molar-refractivity contribution is 7.89. The lowest BCUT2D eigenvalue weighted by molar-refractivity contribution is -0.120. The second-order valence-corrected chi connectivity index (χ2v) is 11.8. The number of likely N-dealkylation sites (N-methyl/N-ethyl adjacent to an activating group) is 1. The first-order valence-corrected chi connectivity index (χ1v) is 15.1. The number of rotatable bonds is 9.